The van der Waals surface area contributed by atoms with Crippen LogP contribution in [0.1, 0.15) is 13.2 Å². The molecule has 0 aromatic carbocycles. The maximum absolute atomic E-state index is 11.7. The second kappa shape index (κ2) is 9.25. The topological polar surface area (TPSA) is 246 Å². The molecule has 5 atom stereocenters. The molecular formula is C13H22N5O10P. The summed E-state index contributed by atoms with van der Waals surface area (Å²) in [7, 11) is -4.76. The fourth-order valence-electron chi connectivity index (χ4n) is 2.40. The van der Waals surface area contributed by atoms with Gasteiger partial charge in [-0.2, -0.15) is 4.98 Å². The zero-order valence-corrected chi connectivity index (χ0v) is 16.0. The summed E-state index contributed by atoms with van der Waals surface area (Å²) in [4.78, 5) is 39.1. The zero-order valence-electron chi connectivity index (χ0n) is 15.1. The minimum Gasteiger partial charge on any atom is -0.394 e. The van der Waals surface area contributed by atoms with Crippen molar-refractivity contribution >= 4 is 24.9 Å². The largest absolute Gasteiger partial charge is 0.469 e. The Balaban J connectivity index is 0.000000537. The molecule has 3 heterocycles. The number of aromatic nitrogens is 4. The molecule has 0 spiro atoms. The maximum Gasteiger partial charge on any atom is 0.469 e. The summed E-state index contributed by atoms with van der Waals surface area (Å²) in [6.45, 7) is 0.738. The van der Waals surface area contributed by atoms with E-state index in [1.165, 1.54) is 17.8 Å². The average Bonchev–Trinajstić information content (AvgIpc) is 3.15. The summed E-state index contributed by atoms with van der Waals surface area (Å²) in [5.41, 5.74) is 4.84. The number of hydrogen-bond acceptors (Lipinski definition) is 11. The SMILES string of the molecule is CC(O)CO.Nc1nc2c(ncn2[C@@H]2O[C@H](COP(=O)(O)O)[C@@H](O)[C@H]2O)c(=O)[nH]1. The van der Waals surface area contributed by atoms with E-state index in [4.69, 9.17) is 30.5 Å². The first-order valence-electron chi connectivity index (χ1n) is 8.17. The lowest BCUT2D eigenvalue weighted by atomic mass is 10.1. The van der Waals surface area contributed by atoms with Crippen LogP contribution >= 0.6 is 7.82 Å². The standard InChI is InChI=1S/C10H14N5O8P.C3H8O2/c11-10-13-7-4(8(18)14-10)12-2-15(7)9-6(17)5(16)3(23-9)1-22-24(19,20)21;1-3(5)2-4/h2-3,5-6,9,16-17H,1H2,(H2,19,20,21)(H3,11,13,14,18);3-5H,2H2,1H3/t3-,5-,6-,9-;/m1./s1. The van der Waals surface area contributed by atoms with E-state index in [0.29, 0.717) is 0 Å². The number of nitrogens with one attached hydrogen (secondary N) is 1. The number of H-pyrrole nitrogens is 1. The molecule has 1 aliphatic heterocycles. The number of phosphoric ester groups is 1. The fraction of sp³-hybridized carbons (Fsp3) is 0.615. The number of aliphatic hydroxyl groups excluding tert-OH is 4. The fourth-order valence-corrected chi connectivity index (χ4v) is 2.74. The lowest BCUT2D eigenvalue weighted by molar-refractivity contribution is -0.0503. The summed E-state index contributed by atoms with van der Waals surface area (Å²) in [5.74, 6) is -0.177. The molecule has 9 N–H and O–H groups in total. The second-order valence-corrected chi connectivity index (χ2v) is 7.38. The molecular weight excluding hydrogens is 417 g/mol. The molecule has 0 bridgehead atoms. The lowest BCUT2D eigenvalue weighted by Gasteiger charge is -2.16. The minimum atomic E-state index is -4.76. The Hall–Kier alpha value is -1.94. The highest BCUT2D eigenvalue weighted by atomic mass is 31.2. The predicted octanol–water partition coefficient (Wildman–Crippen LogP) is -3.21. The van der Waals surface area contributed by atoms with Crippen LogP contribution < -0.4 is 11.3 Å². The van der Waals surface area contributed by atoms with E-state index in [1.807, 2.05) is 0 Å². The third-order valence-corrected chi connectivity index (χ3v) is 4.22. The Morgan fingerprint density at radius 2 is 2.03 bits per heavy atom. The molecule has 1 saturated heterocycles. The molecule has 15 nitrogen and oxygen atoms in total. The van der Waals surface area contributed by atoms with Crippen molar-refractivity contribution in [1.82, 2.24) is 19.5 Å². The molecule has 0 amide bonds. The van der Waals surface area contributed by atoms with E-state index in [-0.39, 0.29) is 23.7 Å². The first-order valence-corrected chi connectivity index (χ1v) is 9.70. The lowest BCUT2D eigenvalue weighted by Crippen LogP contribution is -2.33. The second-order valence-electron chi connectivity index (χ2n) is 6.14. The number of nitrogens with two attached hydrogens (primary N) is 1. The van der Waals surface area contributed by atoms with E-state index in [9.17, 15) is 19.6 Å². The van der Waals surface area contributed by atoms with E-state index in [0.717, 1.165) is 0 Å². The molecule has 0 aliphatic carbocycles. The van der Waals surface area contributed by atoms with Gasteiger partial charge < -0.3 is 40.7 Å². The molecule has 0 radical (unpaired) electrons. The number of anilines is 1. The monoisotopic (exact) mass is 439 g/mol. The summed E-state index contributed by atoms with van der Waals surface area (Å²) >= 11 is 0. The number of aromatic amines is 1. The number of rotatable bonds is 5. The molecule has 1 aliphatic rings. The highest BCUT2D eigenvalue weighted by Gasteiger charge is 2.45. The van der Waals surface area contributed by atoms with Gasteiger partial charge in [-0.1, -0.05) is 0 Å². The summed E-state index contributed by atoms with van der Waals surface area (Å²) in [5, 5.41) is 36.1. The van der Waals surface area contributed by atoms with E-state index in [2.05, 4.69) is 19.5 Å². The third-order valence-electron chi connectivity index (χ3n) is 3.73. The molecule has 2 aromatic heterocycles. The van der Waals surface area contributed by atoms with Gasteiger partial charge in [-0.05, 0) is 6.92 Å². The van der Waals surface area contributed by atoms with Crippen LogP contribution in [-0.2, 0) is 13.8 Å². The van der Waals surface area contributed by atoms with Gasteiger partial charge in [-0.3, -0.25) is 18.9 Å². The molecule has 16 heteroatoms. The Morgan fingerprint density at radius 3 is 2.59 bits per heavy atom. The summed E-state index contributed by atoms with van der Waals surface area (Å²) in [6, 6.07) is 0. The van der Waals surface area contributed by atoms with Gasteiger partial charge in [0.05, 0.1) is 25.6 Å². The van der Waals surface area contributed by atoms with Crippen molar-refractivity contribution in [2.75, 3.05) is 18.9 Å². The van der Waals surface area contributed by atoms with Gasteiger partial charge in [0.2, 0.25) is 5.95 Å². The number of hydrogen-bond donors (Lipinski definition) is 8. The van der Waals surface area contributed by atoms with E-state index in [1.54, 1.807) is 0 Å². The van der Waals surface area contributed by atoms with Crippen LogP contribution in [0.25, 0.3) is 11.2 Å². The molecule has 29 heavy (non-hydrogen) atoms. The van der Waals surface area contributed by atoms with Gasteiger partial charge in [0.25, 0.3) is 5.56 Å². The Bertz CT molecular complexity index is 926. The van der Waals surface area contributed by atoms with Crippen LogP contribution in [0, 0.1) is 0 Å². The Labute approximate surface area is 162 Å². The van der Waals surface area contributed by atoms with Crippen molar-refractivity contribution in [1.29, 1.82) is 0 Å². The summed E-state index contributed by atoms with van der Waals surface area (Å²) in [6.07, 6.45) is -4.78. The molecule has 3 rings (SSSR count). The maximum atomic E-state index is 11.7. The number of phosphoric acid groups is 1. The molecule has 1 fully saturated rings. The number of imidazole rings is 1. The van der Waals surface area contributed by atoms with Gasteiger partial charge in [-0.15, -0.1) is 0 Å². The molecule has 0 saturated carbocycles. The predicted molar refractivity (Wildman–Crippen MR) is 95.2 cm³/mol. The van der Waals surface area contributed by atoms with Gasteiger partial charge in [0.15, 0.2) is 17.4 Å². The van der Waals surface area contributed by atoms with Crippen molar-refractivity contribution in [2.45, 2.75) is 37.6 Å². The van der Waals surface area contributed by atoms with Crippen molar-refractivity contribution in [3.63, 3.8) is 0 Å². The molecule has 1 unspecified atom stereocenters. The van der Waals surface area contributed by atoms with Crippen molar-refractivity contribution in [3.05, 3.63) is 16.7 Å². The van der Waals surface area contributed by atoms with Crippen LogP contribution in [0.15, 0.2) is 11.1 Å². The minimum absolute atomic E-state index is 0.0176. The number of nitrogen functional groups attached to an aromatic ring is 1. The van der Waals surface area contributed by atoms with Crippen LogP contribution in [0.2, 0.25) is 0 Å². The highest BCUT2D eigenvalue weighted by molar-refractivity contribution is 7.46. The molecule has 164 valence electrons. The number of fused-ring (bicyclic) bond motifs is 1. The van der Waals surface area contributed by atoms with Gasteiger partial charge in [0.1, 0.15) is 18.3 Å². The Morgan fingerprint density at radius 1 is 1.41 bits per heavy atom. The van der Waals surface area contributed by atoms with Crippen LogP contribution in [-0.4, -0.2) is 87.4 Å². The van der Waals surface area contributed by atoms with Crippen LogP contribution in [0.4, 0.5) is 5.95 Å². The Kier molecular flexibility index (Phi) is 7.45. The first-order chi connectivity index (χ1) is 13.4. The van der Waals surface area contributed by atoms with E-state index < -0.39 is 50.6 Å². The third kappa shape index (κ3) is 5.79. The summed E-state index contributed by atoms with van der Waals surface area (Å²) < 4.78 is 21.6. The highest BCUT2D eigenvalue weighted by Crippen LogP contribution is 2.38. The van der Waals surface area contributed by atoms with Crippen LogP contribution in [0.5, 0.6) is 0 Å². The first kappa shape index (κ1) is 23.3. The zero-order chi connectivity index (χ0) is 21.9. The van der Waals surface area contributed by atoms with Crippen LogP contribution in [0.3, 0.4) is 0 Å². The number of ether oxygens (including phenoxy) is 1. The molecule has 2 aromatic rings. The van der Waals surface area contributed by atoms with Crippen molar-refractivity contribution < 1.29 is 44.0 Å². The number of nitrogens with zero attached hydrogens (tertiary/aromatic N) is 3. The average molecular weight is 439 g/mol. The number of aliphatic hydroxyl groups is 4. The van der Waals surface area contributed by atoms with Crippen molar-refractivity contribution in [3.8, 4) is 0 Å². The van der Waals surface area contributed by atoms with Crippen molar-refractivity contribution in [2.24, 2.45) is 0 Å². The smallest absolute Gasteiger partial charge is 0.394 e. The van der Waals surface area contributed by atoms with Gasteiger partial charge >= 0.3 is 7.82 Å². The quantitative estimate of drug-likeness (QED) is 0.214. The van der Waals surface area contributed by atoms with Gasteiger partial charge in [0, 0.05) is 0 Å². The van der Waals surface area contributed by atoms with Gasteiger partial charge in [-0.25, -0.2) is 9.55 Å². The van der Waals surface area contributed by atoms with E-state index >= 15 is 0 Å². The normalized spacial score (nSPS) is 25.6.